The van der Waals surface area contributed by atoms with Crippen LogP contribution in [0.4, 0.5) is 5.69 Å². The minimum Gasteiger partial charge on any atom is -0.493 e. The lowest BCUT2D eigenvalue weighted by Gasteiger charge is -2.38. The molecule has 2 aliphatic rings. The van der Waals surface area contributed by atoms with Crippen LogP contribution in [0.2, 0.25) is 5.02 Å². The highest BCUT2D eigenvalue weighted by molar-refractivity contribution is 9.10. The number of carbonyl (C=O) groups excluding carboxylic acids is 1. The van der Waals surface area contributed by atoms with Crippen LogP contribution in [0.3, 0.4) is 0 Å². The van der Waals surface area contributed by atoms with Crippen LogP contribution in [-0.2, 0) is 11.3 Å². The monoisotopic (exact) mass is 553 g/mol. The number of halogens is 2. The molecule has 5 rings (SSSR count). The van der Waals surface area contributed by atoms with Crippen molar-refractivity contribution >= 4 is 39.2 Å². The molecule has 0 radical (unpaired) electrons. The number of ether oxygens (including phenoxy) is 3. The van der Waals surface area contributed by atoms with E-state index < -0.39 is 0 Å². The van der Waals surface area contributed by atoms with Gasteiger partial charge < -0.3 is 19.5 Å². The summed E-state index contributed by atoms with van der Waals surface area (Å²) in [5, 5.41) is 4.35. The Morgan fingerprint density at radius 1 is 1.14 bits per heavy atom. The molecule has 1 aliphatic carbocycles. The zero-order chi connectivity index (χ0) is 24.5. The van der Waals surface area contributed by atoms with Gasteiger partial charge in [-0.05, 0) is 75.3 Å². The average Bonchev–Trinajstić information content (AvgIpc) is 3.37. The Hall–Kier alpha value is -2.96. The molecular formula is C28H25BrClNO4. The summed E-state index contributed by atoms with van der Waals surface area (Å²) in [6.07, 6.45) is 5.41. The highest BCUT2D eigenvalue weighted by Crippen LogP contribution is 2.52. The van der Waals surface area contributed by atoms with Crippen LogP contribution >= 0.6 is 27.5 Å². The number of nitrogens with one attached hydrogen (secondary N) is 1. The maximum atomic E-state index is 12.5. The van der Waals surface area contributed by atoms with Crippen LogP contribution in [0.1, 0.15) is 45.4 Å². The van der Waals surface area contributed by atoms with Gasteiger partial charge in [0.1, 0.15) is 6.61 Å². The number of anilines is 1. The van der Waals surface area contributed by atoms with E-state index in [4.69, 9.17) is 25.8 Å². The van der Waals surface area contributed by atoms with Crippen molar-refractivity contribution in [3.63, 3.8) is 0 Å². The zero-order valence-corrected chi connectivity index (χ0v) is 21.7. The third-order valence-corrected chi connectivity index (χ3v) is 7.55. The first kappa shape index (κ1) is 23.8. The molecule has 7 heteroatoms. The van der Waals surface area contributed by atoms with E-state index in [1.54, 1.807) is 13.2 Å². The molecule has 0 spiro atoms. The highest BCUT2D eigenvalue weighted by Gasteiger charge is 2.40. The van der Waals surface area contributed by atoms with Gasteiger partial charge in [0.2, 0.25) is 0 Å². The van der Waals surface area contributed by atoms with Crippen molar-refractivity contribution in [1.82, 2.24) is 0 Å². The van der Waals surface area contributed by atoms with E-state index in [-0.39, 0.29) is 17.9 Å². The quantitative estimate of drug-likeness (QED) is 0.256. The fraction of sp³-hybridized carbons (Fsp3) is 0.250. The number of rotatable bonds is 6. The second kappa shape index (κ2) is 9.96. The summed E-state index contributed by atoms with van der Waals surface area (Å²) < 4.78 is 17.7. The maximum Gasteiger partial charge on any atom is 0.339 e. The zero-order valence-electron chi connectivity index (χ0n) is 19.4. The fourth-order valence-electron chi connectivity index (χ4n) is 5.03. The lowest BCUT2D eigenvalue weighted by atomic mass is 9.76. The largest absolute Gasteiger partial charge is 0.493 e. The Morgan fingerprint density at radius 3 is 2.69 bits per heavy atom. The number of fused-ring (bicyclic) bond motifs is 3. The summed E-state index contributed by atoms with van der Waals surface area (Å²) in [7, 11) is 3.05. The predicted molar refractivity (Wildman–Crippen MR) is 141 cm³/mol. The van der Waals surface area contributed by atoms with E-state index in [1.165, 1.54) is 7.11 Å². The third kappa shape index (κ3) is 4.53. The number of hydrogen-bond acceptors (Lipinski definition) is 5. The Balaban J connectivity index is 1.48. The molecule has 0 unspecified atom stereocenters. The minimum absolute atomic E-state index is 0.0242. The van der Waals surface area contributed by atoms with Crippen molar-refractivity contribution in [2.24, 2.45) is 5.92 Å². The van der Waals surface area contributed by atoms with E-state index in [9.17, 15) is 4.79 Å². The molecule has 3 atom stereocenters. The number of esters is 1. The van der Waals surface area contributed by atoms with Gasteiger partial charge in [0.25, 0.3) is 0 Å². The van der Waals surface area contributed by atoms with E-state index >= 15 is 0 Å². The van der Waals surface area contributed by atoms with E-state index in [2.05, 4.69) is 45.5 Å². The molecule has 0 saturated carbocycles. The van der Waals surface area contributed by atoms with Gasteiger partial charge in [-0.1, -0.05) is 48.0 Å². The number of methoxy groups -OCH3 is 2. The number of carbonyl (C=O) groups is 1. The summed E-state index contributed by atoms with van der Waals surface area (Å²) in [5.74, 6) is 1.45. The first-order valence-electron chi connectivity index (χ1n) is 11.4. The Labute approximate surface area is 218 Å². The predicted octanol–water partition coefficient (Wildman–Crippen LogP) is 7.30. The first-order valence-corrected chi connectivity index (χ1v) is 12.6. The van der Waals surface area contributed by atoms with Crippen molar-refractivity contribution < 1.29 is 19.0 Å². The summed E-state index contributed by atoms with van der Waals surface area (Å²) in [5.41, 5.74) is 4.56. The van der Waals surface area contributed by atoms with Gasteiger partial charge in [-0.2, -0.15) is 0 Å². The normalized spacial score (nSPS) is 19.9. The Morgan fingerprint density at radius 2 is 1.94 bits per heavy atom. The van der Waals surface area contributed by atoms with Crippen LogP contribution in [0, 0.1) is 5.92 Å². The van der Waals surface area contributed by atoms with Crippen LogP contribution in [0.25, 0.3) is 0 Å². The van der Waals surface area contributed by atoms with Crippen LogP contribution in [0.15, 0.2) is 71.2 Å². The second-order valence-electron chi connectivity index (χ2n) is 8.69. The van der Waals surface area contributed by atoms with Gasteiger partial charge >= 0.3 is 5.97 Å². The van der Waals surface area contributed by atoms with Crippen molar-refractivity contribution in [2.75, 3.05) is 19.5 Å². The molecule has 0 aromatic heterocycles. The Kier molecular flexibility index (Phi) is 6.76. The van der Waals surface area contributed by atoms with Crippen molar-refractivity contribution in [2.45, 2.75) is 25.0 Å². The number of hydrogen-bond donors (Lipinski definition) is 1. The minimum atomic E-state index is -0.349. The maximum absolute atomic E-state index is 12.5. The third-order valence-electron chi connectivity index (χ3n) is 6.71. The number of allylic oxidation sites excluding steroid dienone is 2. The number of benzene rings is 3. The smallest absolute Gasteiger partial charge is 0.339 e. The molecule has 1 N–H and O–H groups in total. The molecule has 1 heterocycles. The topological polar surface area (TPSA) is 56.8 Å². The lowest BCUT2D eigenvalue weighted by molar-refractivity contribution is 0.0601. The Bertz CT molecular complexity index is 1290. The second-order valence-corrected chi connectivity index (χ2v) is 9.98. The van der Waals surface area contributed by atoms with Crippen molar-refractivity contribution in [1.29, 1.82) is 0 Å². The highest BCUT2D eigenvalue weighted by atomic mass is 79.9. The van der Waals surface area contributed by atoms with Crippen LogP contribution < -0.4 is 14.8 Å². The van der Waals surface area contributed by atoms with E-state index in [0.29, 0.717) is 34.6 Å². The molecule has 5 nitrogen and oxygen atoms in total. The molecule has 0 saturated heterocycles. The molecule has 180 valence electrons. The van der Waals surface area contributed by atoms with Crippen molar-refractivity contribution in [3.8, 4) is 11.5 Å². The van der Waals surface area contributed by atoms with Gasteiger partial charge in [0.15, 0.2) is 11.5 Å². The molecule has 3 aromatic carbocycles. The number of para-hydroxylation sites is 1. The molecular weight excluding hydrogens is 530 g/mol. The average molecular weight is 555 g/mol. The van der Waals surface area contributed by atoms with Crippen LogP contribution in [0.5, 0.6) is 11.5 Å². The van der Waals surface area contributed by atoms with E-state index in [0.717, 1.165) is 33.3 Å². The summed E-state index contributed by atoms with van der Waals surface area (Å²) in [6.45, 7) is 0.387. The van der Waals surface area contributed by atoms with Gasteiger partial charge in [-0.25, -0.2) is 4.79 Å². The van der Waals surface area contributed by atoms with Crippen molar-refractivity contribution in [3.05, 3.63) is 98.5 Å². The summed E-state index contributed by atoms with van der Waals surface area (Å²) in [6, 6.07) is 17.4. The summed E-state index contributed by atoms with van der Waals surface area (Å²) in [4.78, 5) is 12.5. The standard InChI is InChI=1S/C28H25BrClNO4/c1-33-24-14-17(13-23(29)27(24)35-15-16-9-11-18(30)12-10-16)25-20-6-3-5-19(20)21-7-4-8-22(26(21)31-25)28(32)34-2/h3-5,7-14,19-20,25,31H,6,15H2,1-2H3/t19-,20+,25+/m1/s1. The van der Waals surface area contributed by atoms with Crippen LogP contribution in [-0.4, -0.2) is 20.2 Å². The molecule has 35 heavy (non-hydrogen) atoms. The summed E-state index contributed by atoms with van der Waals surface area (Å²) >= 11 is 9.69. The SMILES string of the molecule is COC(=O)c1cccc2c1N[C@@H](c1cc(Br)c(OCc3ccc(Cl)cc3)c(OC)c1)[C@H]1CC=C[C@@H]21. The lowest BCUT2D eigenvalue weighted by Crippen LogP contribution is -2.30. The molecule has 0 fully saturated rings. The van der Waals surface area contributed by atoms with Gasteiger partial charge in [-0.3, -0.25) is 0 Å². The van der Waals surface area contributed by atoms with E-state index in [1.807, 2.05) is 36.4 Å². The first-order chi connectivity index (χ1) is 17.0. The fourth-order valence-corrected chi connectivity index (χ4v) is 5.73. The molecule has 1 aliphatic heterocycles. The van der Waals surface area contributed by atoms with Gasteiger partial charge in [-0.15, -0.1) is 0 Å². The van der Waals surface area contributed by atoms with Gasteiger partial charge in [0, 0.05) is 10.9 Å². The molecule has 0 amide bonds. The molecule has 3 aromatic rings. The molecule has 0 bridgehead atoms. The van der Waals surface area contributed by atoms with Gasteiger partial charge in [0.05, 0.1) is 36.0 Å².